The minimum Gasteiger partial charge on any atom is -0.321 e. The predicted molar refractivity (Wildman–Crippen MR) is 209 cm³/mol. The second kappa shape index (κ2) is 12.0. The Kier molecular flexibility index (Phi) is 8.41. The smallest absolute Gasteiger partial charge is 0.258 e. The Labute approximate surface area is 299 Å². The van der Waals surface area contributed by atoms with Gasteiger partial charge >= 0.3 is 0 Å². The van der Waals surface area contributed by atoms with Crippen LogP contribution in [0.15, 0.2) is 96.1 Å². The van der Waals surface area contributed by atoms with Gasteiger partial charge in [-0.1, -0.05) is 168 Å². The maximum absolute atomic E-state index is 13.5. The van der Waals surface area contributed by atoms with Crippen LogP contribution >= 0.6 is 0 Å². The highest BCUT2D eigenvalue weighted by Crippen LogP contribution is 2.40. The molecule has 2 amide bonds. The van der Waals surface area contributed by atoms with Gasteiger partial charge in [-0.05, 0) is 77.3 Å². The Morgan fingerprint density at radius 2 is 0.580 bits per heavy atom. The van der Waals surface area contributed by atoms with Gasteiger partial charge in [-0.2, -0.15) is 0 Å². The van der Waals surface area contributed by atoms with Crippen LogP contribution in [0.5, 0.6) is 0 Å². The Morgan fingerprint density at radius 1 is 0.340 bits per heavy atom. The fourth-order valence-corrected chi connectivity index (χ4v) is 6.59. The van der Waals surface area contributed by atoms with Gasteiger partial charge < -0.3 is 10.6 Å². The number of rotatable bonds is 4. The third-order valence-electron chi connectivity index (χ3n) is 10.0. The highest BCUT2D eigenvalue weighted by molar-refractivity contribution is 6.30. The van der Waals surface area contributed by atoms with Crippen molar-refractivity contribution in [1.29, 1.82) is 0 Å². The van der Waals surface area contributed by atoms with Crippen molar-refractivity contribution in [1.82, 2.24) is 10.6 Å². The third-order valence-corrected chi connectivity index (χ3v) is 10.0. The van der Waals surface area contributed by atoms with Gasteiger partial charge in [0.15, 0.2) is 0 Å². The van der Waals surface area contributed by atoms with Crippen LogP contribution in [0.1, 0.15) is 116 Å². The lowest BCUT2D eigenvalue weighted by Crippen LogP contribution is -2.21. The predicted octanol–water partition coefficient (Wildman–Crippen LogP) is 10.6. The summed E-state index contributed by atoms with van der Waals surface area (Å²) in [7, 11) is 0. The molecule has 4 aromatic carbocycles. The van der Waals surface area contributed by atoms with E-state index in [9.17, 15) is 9.59 Å². The normalized spacial score (nSPS) is 15.4. The van der Waals surface area contributed by atoms with Crippen LogP contribution in [0, 0.1) is 0 Å². The second-order valence-electron chi connectivity index (χ2n) is 18.2. The summed E-state index contributed by atoms with van der Waals surface area (Å²) in [6.07, 6.45) is 0. The number of carbonyl (C=O) groups excluding carboxylic acids is 2. The molecule has 2 N–H and O–H groups in total. The molecule has 0 unspecified atom stereocenters. The average Bonchev–Trinajstić information content (AvgIpc) is 3.56. The Balaban J connectivity index is 1.34. The zero-order chi connectivity index (χ0) is 36.6. The number of hydrogen-bond acceptors (Lipinski definition) is 2. The number of hydrogen-bond donors (Lipinski definition) is 2. The summed E-state index contributed by atoms with van der Waals surface area (Å²) in [4.78, 5) is 26.9. The van der Waals surface area contributed by atoms with Gasteiger partial charge in [0.25, 0.3) is 11.8 Å². The van der Waals surface area contributed by atoms with E-state index >= 15 is 0 Å². The van der Waals surface area contributed by atoms with Crippen molar-refractivity contribution in [2.75, 3.05) is 0 Å². The molecule has 50 heavy (non-hydrogen) atoms. The molecule has 4 aromatic rings. The quantitative estimate of drug-likeness (QED) is 0.228. The molecule has 2 aliphatic heterocycles. The molecule has 2 heterocycles. The van der Waals surface area contributed by atoms with Gasteiger partial charge in [0.1, 0.15) is 0 Å². The second-order valence-corrected chi connectivity index (χ2v) is 18.2. The largest absolute Gasteiger partial charge is 0.321 e. The van der Waals surface area contributed by atoms with Gasteiger partial charge in [-0.3, -0.25) is 9.59 Å². The molecule has 0 aliphatic carbocycles. The molecule has 0 spiro atoms. The first-order valence-corrected chi connectivity index (χ1v) is 17.8. The van der Waals surface area contributed by atoms with Gasteiger partial charge in [0, 0.05) is 0 Å². The molecular weight excluding hydrogens is 613 g/mol. The number of carbonyl (C=O) groups is 2. The van der Waals surface area contributed by atoms with Gasteiger partial charge in [-0.25, -0.2) is 0 Å². The molecule has 6 rings (SSSR count). The number of amides is 2. The summed E-state index contributed by atoms with van der Waals surface area (Å²) >= 11 is 0. The minimum atomic E-state index is -0.267. The van der Waals surface area contributed by atoms with E-state index in [0.717, 1.165) is 33.4 Å². The van der Waals surface area contributed by atoms with E-state index in [4.69, 9.17) is 0 Å². The number of nitrogens with one attached hydrogen (secondary N) is 2. The first kappa shape index (κ1) is 35.1. The van der Waals surface area contributed by atoms with Crippen molar-refractivity contribution >= 4 is 23.2 Å². The molecule has 2 aliphatic rings. The highest BCUT2D eigenvalue weighted by Gasteiger charge is 2.41. The number of fused-ring (bicyclic) bond motifs is 1. The van der Waals surface area contributed by atoms with E-state index in [0.29, 0.717) is 22.5 Å². The SMILES string of the molecule is CC(C)(C)c1cc(-c2ccc(C3=C4C(=O)NC(c5ccc(-c6cc(C(C)(C)C)cc(C(C)(C)C)c6)cc5)=C4C(=O)N3)cc2)cc(C(C)(C)C)c1. The first-order chi connectivity index (χ1) is 23.1. The third kappa shape index (κ3) is 6.73. The topological polar surface area (TPSA) is 58.2 Å². The minimum absolute atomic E-state index is 0.0142. The van der Waals surface area contributed by atoms with Crippen LogP contribution in [0.2, 0.25) is 0 Å². The summed E-state index contributed by atoms with van der Waals surface area (Å²) in [6, 6.07) is 30.1. The first-order valence-electron chi connectivity index (χ1n) is 17.8. The Bertz CT molecular complexity index is 1860. The van der Waals surface area contributed by atoms with E-state index in [1.807, 2.05) is 24.3 Å². The molecule has 0 saturated heterocycles. The molecule has 4 nitrogen and oxygen atoms in total. The standard InChI is InChI=1S/C46H52N2O2/c1-43(2,3)33-21-31(22-34(25-33)44(4,5)6)27-13-17-29(18-14-27)39-37-38(42(50)47-39)40(48-41(37)49)30-19-15-28(16-20-30)32-23-35(45(7,8)9)26-36(24-32)46(10,11)12/h13-26H,1-12H3,(H,47,50)(H,48,49). The lowest BCUT2D eigenvalue weighted by molar-refractivity contribution is -0.117. The van der Waals surface area contributed by atoms with Crippen molar-refractivity contribution < 1.29 is 9.59 Å². The van der Waals surface area contributed by atoms with Gasteiger partial charge in [0.05, 0.1) is 22.5 Å². The van der Waals surface area contributed by atoms with Crippen LogP contribution in [-0.2, 0) is 31.2 Å². The van der Waals surface area contributed by atoms with Crippen molar-refractivity contribution in [3.8, 4) is 22.3 Å². The molecule has 0 fully saturated rings. The molecule has 0 radical (unpaired) electrons. The molecule has 0 aromatic heterocycles. The van der Waals surface area contributed by atoms with Crippen LogP contribution in [0.25, 0.3) is 33.6 Å². The van der Waals surface area contributed by atoms with Gasteiger partial charge in [0.2, 0.25) is 0 Å². The maximum Gasteiger partial charge on any atom is 0.258 e. The lowest BCUT2D eigenvalue weighted by atomic mass is 9.79. The summed E-state index contributed by atoms with van der Waals surface area (Å²) in [5.74, 6) is -0.534. The molecule has 0 saturated carbocycles. The van der Waals surface area contributed by atoms with Crippen molar-refractivity contribution in [3.05, 3.63) is 129 Å². The van der Waals surface area contributed by atoms with E-state index in [1.54, 1.807) is 0 Å². The Morgan fingerprint density at radius 3 is 0.820 bits per heavy atom. The molecule has 0 atom stereocenters. The summed E-state index contributed by atoms with van der Waals surface area (Å²) in [6.45, 7) is 26.9. The highest BCUT2D eigenvalue weighted by atomic mass is 16.2. The molecular formula is C46H52N2O2. The van der Waals surface area contributed by atoms with Crippen molar-refractivity contribution in [2.45, 2.75) is 105 Å². The van der Waals surface area contributed by atoms with Crippen molar-refractivity contribution in [2.24, 2.45) is 0 Å². The van der Waals surface area contributed by atoms with Crippen LogP contribution in [-0.4, -0.2) is 11.8 Å². The summed E-state index contributed by atoms with van der Waals surface area (Å²) in [5.41, 5.74) is 13.2. The van der Waals surface area contributed by atoms with E-state index in [2.05, 4.69) is 154 Å². The lowest BCUT2D eigenvalue weighted by Gasteiger charge is -2.26. The van der Waals surface area contributed by atoms with Gasteiger partial charge in [-0.15, -0.1) is 0 Å². The van der Waals surface area contributed by atoms with Crippen LogP contribution in [0.4, 0.5) is 0 Å². The monoisotopic (exact) mass is 664 g/mol. The fraction of sp³-hybridized carbons (Fsp3) is 0.348. The summed E-state index contributed by atoms with van der Waals surface area (Å²) in [5, 5.41) is 6.04. The van der Waals surface area contributed by atoms with E-state index < -0.39 is 0 Å². The van der Waals surface area contributed by atoms with Crippen molar-refractivity contribution in [3.63, 3.8) is 0 Å². The maximum atomic E-state index is 13.5. The molecule has 4 heteroatoms. The Hall–Kier alpha value is -4.70. The molecule has 258 valence electrons. The zero-order valence-electron chi connectivity index (χ0n) is 31.9. The van der Waals surface area contributed by atoms with Crippen LogP contribution in [0.3, 0.4) is 0 Å². The summed E-state index contributed by atoms with van der Waals surface area (Å²) < 4.78 is 0. The number of benzene rings is 4. The van der Waals surface area contributed by atoms with E-state index in [1.165, 1.54) is 22.3 Å². The molecule has 0 bridgehead atoms. The average molecular weight is 665 g/mol. The zero-order valence-corrected chi connectivity index (χ0v) is 31.9. The van der Waals surface area contributed by atoms with E-state index in [-0.39, 0.29) is 33.5 Å². The van der Waals surface area contributed by atoms with Crippen LogP contribution < -0.4 is 10.6 Å². The fourth-order valence-electron chi connectivity index (χ4n) is 6.59.